The molecule has 4 aliphatic heterocycles. The summed E-state index contributed by atoms with van der Waals surface area (Å²) in [4.78, 5) is 27.0. The molecule has 4 saturated heterocycles. The molecule has 79 heavy (non-hydrogen) atoms. The number of ketones is 1. The molecule has 22 heteroatoms. The van der Waals surface area contributed by atoms with E-state index >= 15 is 0 Å². The van der Waals surface area contributed by atoms with Crippen molar-refractivity contribution in [3.8, 4) is 0 Å². The SMILES string of the molecule is CO[C@@H]1C(O)[C@H](O[C@@H]2C(C)O[C@@H](O[C@@H]3C(C)O[C@@H](O[C@H]4CC[C@@]5(C)C(=CC[C@]6(O)C5C[C@@H](OC(=O)/C=C/c5ccccc5)[C@@]5(C)[C@]6(O)CC[C@@]5(O)C(C)=O)C4)C[C@H]3OC)C[C@H]2OC)OC(C)[C@H]1O[C@@H]1OC(CO)[C@@H](O)[C@H](O)C1O. The Bertz CT molecular complexity index is 2340. The van der Waals surface area contributed by atoms with Gasteiger partial charge in [0.05, 0.1) is 48.6 Å². The normalized spacial score (nSPS) is 49.1. The van der Waals surface area contributed by atoms with Gasteiger partial charge in [-0.25, -0.2) is 4.79 Å². The standard InChI is InChI=1S/C57H84O22/c1-28-47(77-42-25-36(69-8)48(29(2)72-42)78-52-46(64)50(70-9)49(30(3)73-52)79-51-45(63)44(62)43(61)37(27-58)75-51)35(68-7)24-41(71-28)74-34-18-19-53(5)33(23-34)17-20-56(66)38(53)26-39(76-40(60)16-15-32-13-11-10-12-14-32)54(6)55(65,31(4)59)21-22-57(54,56)67/h10-17,28-30,34-39,41-52,58,61-67H,18-27H2,1-9H3/b16-15+/t28?,29?,30?,34-,35+,36+,37?,38?,39+,41-,42-,43+,44-,45?,46?,47+,48+,49+,50+,51-,52-,53-,54+,55+,56-,57+/m0/s1. The van der Waals surface area contributed by atoms with Gasteiger partial charge in [0.1, 0.15) is 77.8 Å². The van der Waals surface area contributed by atoms with E-state index in [1.807, 2.05) is 43.3 Å². The van der Waals surface area contributed by atoms with E-state index in [1.165, 1.54) is 27.2 Å². The number of methoxy groups -OCH3 is 3. The highest BCUT2D eigenvalue weighted by molar-refractivity contribution is 5.88. The summed E-state index contributed by atoms with van der Waals surface area (Å²) in [6.45, 7) is 9.58. The Hall–Kier alpha value is -2.92. The highest BCUT2D eigenvalue weighted by Crippen LogP contribution is 2.71. The van der Waals surface area contributed by atoms with Crippen LogP contribution in [0.15, 0.2) is 48.1 Å². The third-order valence-electron chi connectivity index (χ3n) is 19.6. The molecule has 7 fully saturated rings. The molecule has 4 aliphatic carbocycles. The lowest BCUT2D eigenvalue weighted by Crippen LogP contribution is -2.78. The van der Waals surface area contributed by atoms with Crippen LogP contribution in [0.1, 0.15) is 105 Å². The van der Waals surface area contributed by atoms with Crippen molar-refractivity contribution in [1.29, 1.82) is 0 Å². The first kappa shape index (κ1) is 60.7. The fraction of sp³-hybridized carbons (Fsp3) is 0.789. The summed E-state index contributed by atoms with van der Waals surface area (Å²) < 4.78 is 74.1. The quantitative estimate of drug-likeness (QED) is 0.0661. The molecule has 26 atom stereocenters. The first-order valence-electron chi connectivity index (χ1n) is 27.9. The van der Waals surface area contributed by atoms with E-state index in [2.05, 4.69) is 6.92 Å². The first-order chi connectivity index (χ1) is 37.4. The first-order valence-corrected chi connectivity index (χ1v) is 27.9. The molecule has 1 aromatic carbocycles. The number of rotatable bonds is 16. The van der Waals surface area contributed by atoms with Gasteiger partial charge in [0.15, 0.2) is 30.9 Å². The maximum Gasteiger partial charge on any atom is 0.331 e. The molecule has 0 aromatic heterocycles. The summed E-state index contributed by atoms with van der Waals surface area (Å²) in [6.07, 6.45) is -12.7. The van der Waals surface area contributed by atoms with Crippen LogP contribution in [-0.2, 0) is 66.4 Å². The maximum absolute atomic E-state index is 13.6. The number of aliphatic hydroxyl groups is 8. The van der Waals surface area contributed by atoms with Gasteiger partial charge in [-0.3, -0.25) is 4.79 Å². The van der Waals surface area contributed by atoms with Gasteiger partial charge in [0.2, 0.25) is 0 Å². The molecule has 3 saturated carbocycles. The van der Waals surface area contributed by atoms with E-state index in [1.54, 1.807) is 34.0 Å². The van der Waals surface area contributed by atoms with Gasteiger partial charge in [-0.05, 0) is 96.6 Å². The molecule has 7 unspecified atom stereocenters. The second-order valence-corrected chi connectivity index (χ2v) is 23.7. The molecule has 9 rings (SSSR count). The number of hydrogen-bond donors (Lipinski definition) is 8. The van der Waals surface area contributed by atoms with Crippen LogP contribution in [0.2, 0.25) is 0 Å². The highest BCUT2D eigenvalue weighted by atomic mass is 16.8. The lowest BCUT2D eigenvalue weighted by atomic mass is 9.42. The van der Waals surface area contributed by atoms with Gasteiger partial charge < -0.3 is 97.7 Å². The zero-order chi connectivity index (χ0) is 57.1. The molecule has 22 nitrogen and oxygen atoms in total. The number of Topliss-reactive ketones (excluding diaryl/α,β-unsaturated/α-hetero) is 1. The third-order valence-corrected chi connectivity index (χ3v) is 19.6. The van der Waals surface area contributed by atoms with Gasteiger partial charge in [-0.2, -0.15) is 0 Å². The minimum absolute atomic E-state index is 0.0567. The molecular formula is C57H84O22. The van der Waals surface area contributed by atoms with Crippen molar-refractivity contribution in [2.24, 2.45) is 16.7 Å². The summed E-state index contributed by atoms with van der Waals surface area (Å²) in [7, 11) is 4.49. The number of carbonyl (C=O) groups is 2. The molecule has 8 N–H and O–H groups in total. The van der Waals surface area contributed by atoms with Gasteiger partial charge in [0.25, 0.3) is 0 Å². The molecule has 0 spiro atoms. The number of aliphatic hydroxyl groups excluding tert-OH is 5. The number of fused-ring (bicyclic) bond motifs is 5. The largest absolute Gasteiger partial charge is 0.458 e. The van der Waals surface area contributed by atoms with Crippen LogP contribution >= 0.6 is 0 Å². The lowest BCUT2D eigenvalue weighted by molar-refractivity contribution is -0.373. The van der Waals surface area contributed by atoms with E-state index in [4.69, 9.17) is 56.8 Å². The van der Waals surface area contributed by atoms with Crippen LogP contribution in [0.4, 0.5) is 0 Å². The Labute approximate surface area is 461 Å². The molecule has 8 aliphatic rings. The van der Waals surface area contributed by atoms with Crippen molar-refractivity contribution in [3.05, 3.63) is 53.6 Å². The Kier molecular flexibility index (Phi) is 18.1. The van der Waals surface area contributed by atoms with Crippen molar-refractivity contribution < 1.29 is 107 Å². The van der Waals surface area contributed by atoms with Crippen LogP contribution in [-0.4, -0.2) is 220 Å². The number of benzene rings is 1. The van der Waals surface area contributed by atoms with E-state index in [0.717, 1.165) is 11.1 Å². The Balaban J connectivity index is 0.816. The lowest BCUT2D eigenvalue weighted by Gasteiger charge is -2.67. The minimum Gasteiger partial charge on any atom is -0.458 e. The molecule has 0 amide bonds. The van der Waals surface area contributed by atoms with Crippen molar-refractivity contribution in [1.82, 2.24) is 0 Å². The summed E-state index contributed by atoms with van der Waals surface area (Å²) in [5.41, 5.74) is -6.42. The van der Waals surface area contributed by atoms with Gasteiger partial charge in [-0.1, -0.05) is 48.9 Å². The predicted octanol–water partition coefficient (Wildman–Crippen LogP) is 1.50. The Morgan fingerprint density at radius 3 is 1.92 bits per heavy atom. The molecule has 0 bridgehead atoms. The average Bonchev–Trinajstić information content (AvgIpc) is 3.43. The van der Waals surface area contributed by atoms with Gasteiger partial charge in [-0.15, -0.1) is 0 Å². The van der Waals surface area contributed by atoms with Gasteiger partial charge >= 0.3 is 5.97 Å². The highest BCUT2D eigenvalue weighted by Gasteiger charge is 2.81. The van der Waals surface area contributed by atoms with Crippen LogP contribution in [0, 0.1) is 16.7 Å². The van der Waals surface area contributed by atoms with Crippen LogP contribution in [0.5, 0.6) is 0 Å². The van der Waals surface area contributed by atoms with Crippen molar-refractivity contribution in [2.45, 2.75) is 239 Å². The van der Waals surface area contributed by atoms with Gasteiger partial charge in [0, 0.05) is 46.2 Å². The number of hydrogen-bond acceptors (Lipinski definition) is 22. The molecule has 1 aromatic rings. The smallest absolute Gasteiger partial charge is 0.331 e. The summed E-state index contributed by atoms with van der Waals surface area (Å²) in [6, 6.07) is 9.24. The van der Waals surface area contributed by atoms with E-state index in [9.17, 15) is 50.4 Å². The molecule has 0 radical (unpaired) electrons. The minimum atomic E-state index is -2.07. The zero-order valence-corrected chi connectivity index (χ0v) is 46.6. The maximum atomic E-state index is 13.6. The second kappa shape index (κ2) is 23.6. The van der Waals surface area contributed by atoms with Crippen LogP contribution in [0.25, 0.3) is 6.08 Å². The number of carbonyl (C=O) groups excluding carboxylic acids is 2. The van der Waals surface area contributed by atoms with E-state index in [-0.39, 0.29) is 38.2 Å². The zero-order valence-electron chi connectivity index (χ0n) is 46.6. The monoisotopic (exact) mass is 1120 g/mol. The topological polar surface area (TPSA) is 307 Å². The van der Waals surface area contributed by atoms with Crippen LogP contribution in [0.3, 0.4) is 0 Å². The fourth-order valence-electron chi connectivity index (χ4n) is 14.8. The molecule has 4 heterocycles. The second-order valence-electron chi connectivity index (χ2n) is 23.7. The number of esters is 1. The van der Waals surface area contributed by atoms with Crippen molar-refractivity contribution >= 4 is 17.8 Å². The third kappa shape index (κ3) is 10.6. The van der Waals surface area contributed by atoms with Crippen molar-refractivity contribution in [2.75, 3.05) is 27.9 Å². The number of ether oxygens (including phenoxy) is 12. The summed E-state index contributed by atoms with van der Waals surface area (Å²) >= 11 is 0. The fourth-order valence-corrected chi connectivity index (χ4v) is 14.8. The summed E-state index contributed by atoms with van der Waals surface area (Å²) in [5, 5.41) is 90.5. The van der Waals surface area contributed by atoms with Crippen LogP contribution < -0.4 is 0 Å². The molecule has 444 valence electrons. The Morgan fingerprint density at radius 2 is 1.30 bits per heavy atom. The average molecular weight is 1120 g/mol. The van der Waals surface area contributed by atoms with E-state index < -0.39 is 169 Å². The predicted molar refractivity (Wildman–Crippen MR) is 275 cm³/mol. The van der Waals surface area contributed by atoms with Crippen molar-refractivity contribution in [3.63, 3.8) is 0 Å². The Morgan fingerprint density at radius 1 is 0.696 bits per heavy atom. The molecular weight excluding hydrogens is 1040 g/mol. The summed E-state index contributed by atoms with van der Waals surface area (Å²) in [5.74, 6) is -1.87. The van der Waals surface area contributed by atoms with E-state index in [0.29, 0.717) is 25.7 Å².